The molecule has 0 aliphatic carbocycles. The maximum absolute atomic E-state index is 12.5. The first-order valence-electron chi connectivity index (χ1n) is 7.78. The zero-order chi connectivity index (χ0) is 17.2. The van der Waals surface area contributed by atoms with Crippen molar-refractivity contribution in [3.05, 3.63) is 65.7 Å². The lowest BCUT2D eigenvalue weighted by atomic mass is 10.0. The van der Waals surface area contributed by atoms with Crippen LogP contribution in [0.2, 0.25) is 0 Å². The molecule has 24 heavy (non-hydrogen) atoms. The maximum atomic E-state index is 12.5. The zero-order valence-corrected chi connectivity index (χ0v) is 14.5. The number of nitrogens with zero attached hydrogens (tertiary/aromatic N) is 2. The van der Waals surface area contributed by atoms with E-state index in [-0.39, 0.29) is 17.5 Å². The van der Waals surface area contributed by atoms with E-state index in [4.69, 9.17) is 4.84 Å². The number of hydrogen-bond acceptors (Lipinski definition) is 4. The smallest absolute Gasteiger partial charge is 0.242 e. The Bertz CT molecular complexity index is 830. The summed E-state index contributed by atoms with van der Waals surface area (Å²) in [4.78, 5) is 5.72. The molecule has 2 aromatic carbocycles. The summed E-state index contributed by atoms with van der Waals surface area (Å²) >= 11 is 0. The summed E-state index contributed by atoms with van der Waals surface area (Å²) in [6.45, 7) is 2.29. The molecule has 1 atom stereocenters. The van der Waals surface area contributed by atoms with E-state index >= 15 is 0 Å². The minimum atomic E-state index is -3.51. The van der Waals surface area contributed by atoms with Crippen LogP contribution in [0.25, 0.3) is 0 Å². The molecule has 126 valence electrons. The summed E-state index contributed by atoms with van der Waals surface area (Å²) in [6.07, 6.45) is 0.322. The average Bonchev–Trinajstić information content (AvgIpc) is 3.04. The van der Waals surface area contributed by atoms with Crippen LogP contribution in [-0.2, 0) is 14.9 Å². The third-order valence-electron chi connectivity index (χ3n) is 4.03. The van der Waals surface area contributed by atoms with Crippen LogP contribution >= 0.6 is 0 Å². The zero-order valence-electron chi connectivity index (χ0n) is 13.7. The van der Waals surface area contributed by atoms with Gasteiger partial charge in [-0.25, -0.2) is 8.42 Å². The quantitative estimate of drug-likeness (QED) is 0.838. The van der Waals surface area contributed by atoms with Crippen molar-refractivity contribution >= 4 is 15.7 Å². The van der Waals surface area contributed by atoms with Crippen LogP contribution < -0.4 is 0 Å². The first-order chi connectivity index (χ1) is 11.5. The third-order valence-corrected chi connectivity index (χ3v) is 5.87. The highest BCUT2D eigenvalue weighted by molar-refractivity contribution is 7.89. The molecule has 1 aliphatic heterocycles. The molecule has 0 saturated carbocycles. The molecule has 0 bridgehead atoms. The maximum Gasteiger partial charge on any atom is 0.242 e. The Labute approximate surface area is 142 Å². The molecule has 0 fully saturated rings. The van der Waals surface area contributed by atoms with Gasteiger partial charge in [-0.3, -0.25) is 0 Å². The standard InChI is InChI=1S/C18H20N2O3S/c1-14-8-10-15(11-9-14)18-12-16(23-19-18)13-20(2)24(21,22)17-6-4-3-5-7-17/h3-11,16H,12-13H2,1-2H3. The van der Waals surface area contributed by atoms with Crippen LogP contribution in [0.4, 0.5) is 0 Å². The summed E-state index contributed by atoms with van der Waals surface area (Å²) in [6, 6.07) is 16.5. The second kappa shape index (κ2) is 6.75. The molecule has 1 aliphatic rings. The Morgan fingerprint density at radius 2 is 1.79 bits per heavy atom. The van der Waals surface area contributed by atoms with E-state index in [1.165, 1.54) is 9.87 Å². The van der Waals surface area contributed by atoms with E-state index in [1.807, 2.05) is 31.2 Å². The first kappa shape index (κ1) is 16.7. The Kier molecular flexibility index (Phi) is 4.69. The van der Waals surface area contributed by atoms with Crippen molar-refractivity contribution < 1.29 is 13.3 Å². The lowest BCUT2D eigenvalue weighted by molar-refractivity contribution is 0.0740. The highest BCUT2D eigenvalue weighted by Gasteiger charge is 2.28. The largest absolute Gasteiger partial charge is 0.390 e. The lowest BCUT2D eigenvalue weighted by Gasteiger charge is -2.19. The first-order valence-corrected chi connectivity index (χ1v) is 9.22. The van der Waals surface area contributed by atoms with Gasteiger partial charge in [-0.1, -0.05) is 53.2 Å². The summed E-state index contributed by atoms with van der Waals surface area (Å²) in [5.41, 5.74) is 3.05. The van der Waals surface area contributed by atoms with Crippen molar-refractivity contribution in [2.24, 2.45) is 5.16 Å². The second-order valence-corrected chi connectivity index (χ2v) is 7.98. The van der Waals surface area contributed by atoms with Gasteiger partial charge in [-0.05, 0) is 24.6 Å². The van der Waals surface area contributed by atoms with Gasteiger partial charge in [0.2, 0.25) is 10.0 Å². The van der Waals surface area contributed by atoms with Gasteiger partial charge in [-0.2, -0.15) is 4.31 Å². The molecule has 0 amide bonds. The van der Waals surface area contributed by atoms with Crippen LogP contribution in [0.5, 0.6) is 0 Å². The number of aryl methyl sites for hydroxylation is 1. The third kappa shape index (κ3) is 3.49. The molecular formula is C18H20N2O3S. The van der Waals surface area contributed by atoms with E-state index in [9.17, 15) is 8.42 Å². The number of sulfonamides is 1. The topological polar surface area (TPSA) is 59.0 Å². The highest BCUT2D eigenvalue weighted by atomic mass is 32.2. The molecule has 0 N–H and O–H groups in total. The lowest BCUT2D eigenvalue weighted by Crippen LogP contribution is -2.34. The van der Waals surface area contributed by atoms with Gasteiger partial charge in [0.1, 0.15) is 6.10 Å². The molecule has 0 spiro atoms. The molecule has 1 unspecified atom stereocenters. The minimum absolute atomic E-state index is 0.260. The molecule has 6 heteroatoms. The van der Waals surface area contributed by atoms with Crippen LogP contribution in [-0.4, -0.2) is 38.1 Å². The molecule has 2 aromatic rings. The fourth-order valence-corrected chi connectivity index (χ4v) is 3.82. The Morgan fingerprint density at radius 3 is 2.46 bits per heavy atom. The number of benzene rings is 2. The van der Waals surface area contributed by atoms with Gasteiger partial charge in [-0.15, -0.1) is 0 Å². The normalized spacial score (nSPS) is 17.6. The van der Waals surface area contributed by atoms with Crippen LogP contribution in [0.1, 0.15) is 17.5 Å². The molecule has 0 radical (unpaired) electrons. The Balaban J connectivity index is 1.65. The SMILES string of the molecule is Cc1ccc(C2=NOC(CN(C)S(=O)(=O)c3ccccc3)C2)cc1. The van der Waals surface area contributed by atoms with Gasteiger partial charge in [0.05, 0.1) is 17.2 Å². The Morgan fingerprint density at radius 1 is 1.12 bits per heavy atom. The summed E-state index contributed by atoms with van der Waals surface area (Å²) in [7, 11) is -1.95. The van der Waals surface area contributed by atoms with Gasteiger partial charge in [0.25, 0.3) is 0 Å². The molecular weight excluding hydrogens is 324 g/mol. The molecule has 5 nitrogen and oxygen atoms in total. The number of rotatable bonds is 5. The van der Waals surface area contributed by atoms with Crippen molar-refractivity contribution in [1.82, 2.24) is 4.31 Å². The van der Waals surface area contributed by atoms with Gasteiger partial charge >= 0.3 is 0 Å². The second-order valence-electron chi connectivity index (χ2n) is 5.93. The van der Waals surface area contributed by atoms with Gasteiger partial charge in [0.15, 0.2) is 0 Å². The minimum Gasteiger partial charge on any atom is -0.390 e. The van der Waals surface area contributed by atoms with Crippen molar-refractivity contribution in [3.63, 3.8) is 0 Å². The van der Waals surface area contributed by atoms with Crippen molar-refractivity contribution in [2.45, 2.75) is 24.3 Å². The summed E-state index contributed by atoms with van der Waals surface area (Å²) < 4.78 is 26.4. The Hall–Kier alpha value is -2.18. The van der Waals surface area contributed by atoms with Crippen LogP contribution in [0.3, 0.4) is 0 Å². The monoisotopic (exact) mass is 344 g/mol. The van der Waals surface area contributed by atoms with Crippen molar-refractivity contribution in [2.75, 3.05) is 13.6 Å². The van der Waals surface area contributed by atoms with Crippen LogP contribution in [0, 0.1) is 6.92 Å². The fraction of sp³-hybridized carbons (Fsp3) is 0.278. The average molecular weight is 344 g/mol. The van der Waals surface area contributed by atoms with Crippen LogP contribution in [0.15, 0.2) is 64.6 Å². The van der Waals surface area contributed by atoms with Crippen molar-refractivity contribution in [3.8, 4) is 0 Å². The molecule has 3 rings (SSSR count). The number of likely N-dealkylation sites (N-methyl/N-ethyl adjacent to an activating group) is 1. The molecule has 0 saturated heterocycles. The van der Waals surface area contributed by atoms with E-state index < -0.39 is 10.0 Å². The van der Waals surface area contributed by atoms with E-state index in [0.29, 0.717) is 6.42 Å². The summed E-state index contributed by atoms with van der Waals surface area (Å²) in [5, 5.41) is 4.12. The predicted molar refractivity (Wildman–Crippen MR) is 93.5 cm³/mol. The highest BCUT2D eigenvalue weighted by Crippen LogP contribution is 2.20. The predicted octanol–water partition coefficient (Wildman–Crippen LogP) is 2.81. The van der Waals surface area contributed by atoms with E-state index in [0.717, 1.165) is 11.3 Å². The van der Waals surface area contributed by atoms with Gasteiger partial charge in [0, 0.05) is 13.5 Å². The van der Waals surface area contributed by atoms with E-state index in [1.54, 1.807) is 37.4 Å². The number of oxime groups is 1. The summed E-state index contributed by atoms with van der Waals surface area (Å²) in [5.74, 6) is 0. The molecule has 1 heterocycles. The number of hydrogen-bond donors (Lipinski definition) is 0. The molecule has 0 aromatic heterocycles. The van der Waals surface area contributed by atoms with Crippen molar-refractivity contribution in [1.29, 1.82) is 0 Å². The fourth-order valence-electron chi connectivity index (χ4n) is 2.60. The van der Waals surface area contributed by atoms with Gasteiger partial charge < -0.3 is 4.84 Å². The van der Waals surface area contributed by atoms with E-state index in [2.05, 4.69) is 5.16 Å².